The summed E-state index contributed by atoms with van der Waals surface area (Å²) in [6.07, 6.45) is 9.77. The summed E-state index contributed by atoms with van der Waals surface area (Å²) >= 11 is 0. The largest absolute Gasteiger partial charge is 0.494 e. The van der Waals surface area contributed by atoms with Gasteiger partial charge in [0, 0.05) is 6.04 Å². The SMILES string of the molecule is CCOc1ccc(/C=C/C2CCCCCN2)cc1. The van der Waals surface area contributed by atoms with Crippen LogP contribution in [0, 0.1) is 0 Å². The van der Waals surface area contributed by atoms with Gasteiger partial charge in [0.1, 0.15) is 5.75 Å². The van der Waals surface area contributed by atoms with Gasteiger partial charge in [-0.05, 0) is 44.0 Å². The lowest BCUT2D eigenvalue weighted by Crippen LogP contribution is -2.25. The normalized spacial score (nSPS) is 20.8. The maximum Gasteiger partial charge on any atom is 0.119 e. The maximum absolute atomic E-state index is 5.44. The van der Waals surface area contributed by atoms with Crippen molar-refractivity contribution in [2.24, 2.45) is 0 Å². The van der Waals surface area contributed by atoms with Crippen LogP contribution < -0.4 is 10.1 Å². The Morgan fingerprint density at radius 3 is 2.83 bits per heavy atom. The smallest absolute Gasteiger partial charge is 0.119 e. The summed E-state index contributed by atoms with van der Waals surface area (Å²) in [4.78, 5) is 0. The molecule has 1 aliphatic rings. The van der Waals surface area contributed by atoms with E-state index in [1.165, 1.54) is 31.2 Å². The van der Waals surface area contributed by atoms with Crippen LogP contribution in [0.2, 0.25) is 0 Å². The van der Waals surface area contributed by atoms with Gasteiger partial charge in [-0.25, -0.2) is 0 Å². The summed E-state index contributed by atoms with van der Waals surface area (Å²) in [5.74, 6) is 0.947. The number of benzene rings is 1. The molecule has 1 heterocycles. The summed E-state index contributed by atoms with van der Waals surface area (Å²) in [5, 5.41) is 3.57. The quantitative estimate of drug-likeness (QED) is 0.874. The summed E-state index contributed by atoms with van der Waals surface area (Å²) in [5.41, 5.74) is 1.24. The van der Waals surface area contributed by atoms with Crippen molar-refractivity contribution in [1.29, 1.82) is 0 Å². The standard InChI is InChI=1S/C16H23NO/c1-2-18-16-11-8-14(9-12-16)7-10-15-6-4-3-5-13-17-15/h7-12,15,17H,2-6,13H2,1H3/b10-7+. The fraction of sp³-hybridized carbons (Fsp3) is 0.500. The Morgan fingerprint density at radius 2 is 2.06 bits per heavy atom. The minimum Gasteiger partial charge on any atom is -0.494 e. The van der Waals surface area contributed by atoms with Crippen molar-refractivity contribution in [3.05, 3.63) is 35.9 Å². The summed E-state index contributed by atoms with van der Waals surface area (Å²) in [7, 11) is 0. The van der Waals surface area contributed by atoms with Gasteiger partial charge >= 0.3 is 0 Å². The molecule has 1 fully saturated rings. The Balaban J connectivity index is 1.90. The molecular formula is C16H23NO. The van der Waals surface area contributed by atoms with Crippen LogP contribution in [-0.4, -0.2) is 19.2 Å². The van der Waals surface area contributed by atoms with Crippen LogP contribution in [0.4, 0.5) is 0 Å². The predicted molar refractivity (Wildman–Crippen MR) is 76.9 cm³/mol. The molecule has 0 aliphatic carbocycles. The second kappa shape index (κ2) is 7.22. The Kier molecular flexibility index (Phi) is 5.28. The minimum absolute atomic E-state index is 0.541. The monoisotopic (exact) mass is 245 g/mol. The molecule has 18 heavy (non-hydrogen) atoms. The second-order valence-corrected chi connectivity index (χ2v) is 4.77. The zero-order valence-corrected chi connectivity index (χ0v) is 11.2. The van der Waals surface area contributed by atoms with Crippen LogP contribution in [0.15, 0.2) is 30.3 Å². The highest BCUT2D eigenvalue weighted by atomic mass is 16.5. The molecule has 1 atom stereocenters. The van der Waals surface area contributed by atoms with Gasteiger partial charge in [0.15, 0.2) is 0 Å². The zero-order valence-electron chi connectivity index (χ0n) is 11.2. The zero-order chi connectivity index (χ0) is 12.6. The minimum atomic E-state index is 0.541. The number of rotatable bonds is 4. The van der Waals surface area contributed by atoms with Crippen LogP contribution in [0.1, 0.15) is 38.2 Å². The van der Waals surface area contributed by atoms with Crippen molar-refractivity contribution in [2.75, 3.05) is 13.2 Å². The Morgan fingerprint density at radius 1 is 1.22 bits per heavy atom. The van der Waals surface area contributed by atoms with E-state index in [1.807, 2.05) is 19.1 Å². The molecular weight excluding hydrogens is 222 g/mol. The highest BCUT2D eigenvalue weighted by molar-refractivity contribution is 5.51. The molecule has 1 unspecified atom stereocenters. The average Bonchev–Trinajstić information content (AvgIpc) is 2.67. The lowest BCUT2D eigenvalue weighted by molar-refractivity contribution is 0.340. The van der Waals surface area contributed by atoms with E-state index in [4.69, 9.17) is 4.74 Å². The van der Waals surface area contributed by atoms with Gasteiger partial charge in [0.05, 0.1) is 6.61 Å². The van der Waals surface area contributed by atoms with E-state index in [9.17, 15) is 0 Å². The first kappa shape index (κ1) is 13.2. The molecule has 1 aliphatic heterocycles. The molecule has 1 aromatic rings. The van der Waals surface area contributed by atoms with Gasteiger partial charge in [0.25, 0.3) is 0 Å². The topological polar surface area (TPSA) is 21.3 Å². The van der Waals surface area contributed by atoms with Gasteiger partial charge in [-0.3, -0.25) is 0 Å². The van der Waals surface area contributed by atoms with Gasteiger partial charge < -0.3 is 10.1 Å². The van der Waals surface area contributed by atoms with E-state index >= 15 is 0 Å². The van der Waals surface area contributed by atoms with Crippen LogP contribution in [-0.2, 0) is 0 Å². The van der Waals surface area contributed by atoms with Crippen LogP contribution in [0.5, 0.6) is 5.75 Å². The molecule has 0 radical (unpaired) electrons. The van der Waals surface area contributed by atoms with Crippen molar-refractivity contribution in [1.82, 2.24) is 5.32 Å². The molecule has 0 bridgehead atoms. The van der Waals surface area contributed by atoms with E-state index in [2.05, 4.69) is 29.6 Å². The van der Waals surface area contributed by atoms with Crippen molar-refractivity contribution >= 4 is 6.08 Å². The molecule has 1 aromatic carbocycles. The van der Waals surface area contributed by atoms with E-state index in [0.717, 1.165) is 18.9 Å². The molecule has 0 spiro atoms. The van der Waals surface area contributed by atoms with Crippen molar-refractivity contribution < 1.29 is 4.74 Å². The molecule has 1 saturated heterocycles. The summed E-state index contributed by atoms with van der Waals surface area (Å²) in [6.45, 7) is 3.88. The van der Waals surface area contributed by atoms with Crippen LogP contribution >= 0.6 is 0 Å². The Hall–Kier alpha value is -1.28. The molecule has 0 amide bonds. The maximum atomic E-state index is 5.44. The van der Waals surface area contributed by atoms with Gasteiger partial charge in [-0.1, -0.05) is 37.1 Å². The predicted octanol–water partition coefficient (Wildman–Crippen LogP) is 3.63. The molecule has 1 N–H and O–H groups in total. The fourth-order valence-corrected chi connectivity index (χ4v) is 2.29. The molecule has 2 heteroatoms. The number of nitrogens with one attached hydrogen (secondary N) is 1. The van der Waals surface area contributed by atoms with Gasteiger partial charge in [0.2, 0.25) is 0 Å². The second-order valence-electron chi connectivity index (χ2n) is 4.77. The van der Waals surface area contributed by atoms with E-state index in [1.54, 1.807) is 0 Å². The van der Waals surface area contributed by atoms with E-state index < -0.39 is 0 Å². The third kappa shape index (κ3) is 4.19. The molecule has 2 rings (SSSR count). The highest BCUT2D eigenvalue weighted by Crippen LogP contribution is 2.15. The first-order valence-electron chi connectivity index (χ1n) is 7.03. The Bertz CT molecular complexity index is 361. The van der Waals surface area contributed by atoms with Gasteiger partial charge in [-0.2, -0.15) is 0 Å². The molecule has 2 nitrogen and oxygen atoms in total. The third-order valence-corrected chi connectivity index (χ3v) is 3.31. The Labute approximate surface area is 110 Å². The molecule has 0 aromatic heterocycles. The highest BCUT2D eigenvalue weighted by Gasteiger charge is 2.07. The van der Waals surface area contributed by atoms with E-state index in [-0.39, 0.29) is 0 Å². The fourth-order valence-electron chi connectivity index (χ4n) is 2.29. The molecule has 98 valence electrons. The first-order valence-corrected chi connectivity index (χ1v) is 7.03. The van der Waals surface area contributed by atoms with Crippen molar-refractivity contribution in [3.8, 4) is 5.75 Å². The van der Waals surface area contributed by atoms with Crippen molar-refractivity contribution in [3.63, 3.8) is 0 Å². The van der Waals surface area contributed by atoms with Crippen molar-refractivity contribution in [2.45, 2.75) is 38.6 Å². The number of hydrogen-bond acceptors (Lipinski definition) is 2. The molecule has 0 saturated carbocycles. The van der Waals surface area contributed by atoms with Gasteiger partial charge in [-0.15, -0.1) is 0 Å². The van der Waals surface area contributed by atoms with Crippen LogP contribution in [0.25, 0.3) is 6.08 Å². The summed E-state index contributed by atoms with van der Waals surface area (Å²) < 4.78 is 5.44. The number of ether oxygens (including phenoxy) is 1. The summed E-state index contributed by atoms with van der Waals surface area (Å²) in [6, 6.07) is 8.82. The lowest BCUT2D eigenvalue weighted by Gasteiger charge is -2.10. The number of hydrogen-bond donors (Lipinski definition) is 1. The average molecular weight is 245 g/mol. The van der Waals surface area contributed by atoms with E-state index in [0.29, 0.717) is 6.04 Å². The third-order valence-electron chi connectivity index (χ3n) is 3.31. The van der Waals surface area contributed by atoms with Crippen LogP contribution in [0.3, 0.4) is 0 Å². The first-order chi connectivity index (χ1) is 8.88. The lowest BCUT2D eigenvalue weighted by atomic mass is 10.1.